The minimum Gasteiger partial charge on any atom is -0.465 e. The van der Waals surface area contributed by atoms with Gasteiger partial charge in [-0.25, -0.2) is 9.67 Å². The highest BCUT2D eigenvalue weighted by Gasteiger charge is 2.29. The SMILES string of the molecule is CCOC(=O)C(C)(N)CCCn1nc(CC)nc1CC. The molecule has 1 heterocycles. The molecule has 1 unspecified atom stereocenters. The van der Waals surface area contributed by atoms with Crippen molar-refractivity contribution in [2.45, 2.75) is 65.5 Å². The van der Waals surface area contributed by atoms with Gasteiger partial charge in [-0.05, 0) is 26.7 Å². The predicted molar refractivity (Wildman–Crippen MR) is 77.2 cm³/mol. The number of rotatable bonds is 8. The highest BCUT2D eigenvalue weighted by atomic mass is 16.5. The van der Waals surface area contributed by atoms with Crippen LogP contribution in [0.2, 0.25) is 0 Å². The molecule has 1 rings (SSSR count). The van der Waals surface area contributed by atoms with Gasteiger partial charge in [0.05, 0.1) is 6.61 Å². The summed E-state index contributed by atoms with van der Waals surface area (Å²) in [7, 11) is 0. The molecule has 0 aliphatic rings. The molecule has 0 aliphatic carbocycles. The van der Waals surface area contributed by atoms with Crippen LogP contribution in [0.25, 0.3) is 0 Å². The molecule has 1 aromatic rings. The lowest BCUT2D eigenvalue weighted by molar-refractivity contribution is -0.149. The molecular weight excluding hydrogens is 256 g/mol. The molecule has 1 aromatic heterocycles. The number of nitrogens with zero attached hydrogens (tertiary/aromatic N) is 3. The molecule has 6 nitrogen and oxygen atoms in total. The Morgan fingerprint density at radius 1 is 1.35 bits per heavy atom. The Bertz CT molecular complexity index is 440. The second-order valence-electron chi connectivity index (χ2n) is 5.12. The van der Waals surface area contributed by atoms with E-state index in [1.165, 1.54) is 0 Å². The van der Waals surface area contributed by atoms with E-state index < -0.39 is 5.54 Å². The van der Waals surface area contributed by atoms with Gasteiger partial charge in [-0.3, -0.25) is 4.79 Å². The number of aromatic nitrogens is 3. The molecule has 114 valence electrons. The summed E-state index contributed by atoms with van der Waals surface area (Å²) >= 11 is 0. The van der Waals surface area contributed by atoms with Gasteiger partial charge in [-0.1, -0.05) is 13.8 Å². The first-order valence-electron chi connectivity index (χ1n) is 7.33. The van der Waals surface area contributed by atoms with Crippen molar-refractivity contribution in [3.05, 3.63) is 11.6 Å². The molecule has 6 heteroatoms. The van der Waals surface area contributed by atoms with Crippen LogP contribution in [0.4, 0.5) is 0 Å². The van der Waals surface area contributed by atoms with Crippen molar-refractivity contribution >= 4 is 5.97 Å². The Morgan fingerprint density at radius 3 is 2.60 bits per heavy atom. The molecule has 0 saturated heterocycles. The van der Waals surface area contributed by atoms with Crippen LogP contribution in [0.1, 0.15) is 52.2 Å². The molecule has 0 aliphatic heterocycles. The van der Waals surface area contributed by atoms with Gasteiger partial charge in [0.15, 0.2) is 5.82 Å². The van der Waals surface area contributed by atoms with Crippen molar-refractivity contribution in [2.75, 3.05) is 6.61 Å². The first kappa shape index (κ1) is 16.6. The van der Waals surface area contributed by atoms with Crippen molar-refractivity contribution in [3.8, 4) is 0 Å². The molecule has 0 spiro atoms. The molecular formula is C14H26N4O2. The summed E-state index contributed by atoms with van der Waals surface area (Å²) in [6.45, 7) is 8.67. The normalized spacial score (nSPS) is 14.1. The third-order valence-corrected chi connectivity index (χ3v) is 3.23. The van der Waals surface area contributed by atoms with Crippen molar-refractivity contribution in [3.63, 3.8) is 0 Å². The summed E-state index contributed by atoms with van der Waals surface area (Å²) in [5, 5.41) is 4.45. The molecule has 0 aromatic carbocycles. The van der Waals surface area contributed by atoms with Gasteiger partial charge in [-0.15, -0.1) is 0 Å². The van der Waals surface area contributed by atoms with Crippen LogP contribution in [0.5, 0.6) is 0 Å². The molecule has 0 bridgehead atoms. The number of nitrogens with two attached hydrogens (primary N) is 1. The van der Waals surface area contributed by atoms with Gasteiger partial charge in [0.2, 0.25) is 0 Å². The van der Waals surface area contributed by atoms with Gasteiger partial charge in [0, 0.05) is 19.4 Å². The number of esters is 1. The summed E-state index contributed by atoms with van der Waals surface area (Å²) < 4.78 is 6.89. The maximum Gasteiger partial charge on any atom is 0.325 e. The zero-order valence-electron chi connectivity index (χ0n) is 13.0. The van der Waals surface area contributed by atoms with Crippen molar-refractivity contribution < 1.29 is 9.53 Å². The predicted octanol–water partition coefficient (Wildman–Crippen LogP) is 1.46. The van der Waals surface area contributed by atoms with Crippen LogP contribution < -0.4 is 5.73 Å². The summed E-state index contributed by atoms with van der Waals surface area (Å²) in [5.74, 6) is 1.50. The van der Waals surface area contributed by atoms with E-state index >= 15 is 0 Å². The fraction of sp³-hybridized carbons (Fsp3) is 0.786. The van der Waals surface area contributed by atoms with Gasteiger partial charge in [0.25, 0.3) is 0 Å². The monoisotopic (exact) mass is 282 g/mol. The zero-order valence-corrected chi connectivity index (χ0v) is 13.0. The number of hydrogen-bond donors (Lipinski definition) is 1. The van der Waals surface area contributed by atoms with E-state index in [4.69, 9.17) is 10.5 Å². The summed E-state index contributed by atoms with van der Waals surface area (Å²) in [5.41, 5.74) is 5.06. The average molecular weight is 282 g/mol. The quantitative estimate of drug-likeness (QED) is 0.730. The standard InChI is InChI=1S/C14H26N4O2/c1-5-11-16-12(6-2)18(17-11)10-8-9-14(4,15)13(19)20-7-3/h5-10,15H2,1-4H3. The topological polar surface area (TPSA) is 83.0 Å². The van der Waals surface area contributed by atoms with Crippen molar-refractivity contribution in [2.24, 2.45) is 5.73 Å². The molecule has 0 fully saturated rings. The zero-order chi connectivity index (χ0) is 15.2. The molecule has 0 radical (unpaired) electrons. The van der Waals surface area contributed by atoms with Crippen molar-refractivity contribution in [1.29, 1.82) is 0 Å². The lowest BCUT2D eigenvalue weighted by Gasteiger charge is -2.22. The van der Waals surface area contributed by atoms with E-state index in [-0.39, 0.29) is 5.97 Å². The Hall–Kier alpha value is -1.43. The number of aryl methyl sites for hydroxylation is 3. The minimum absolute atomic E-state index is 0.344. The van der Waals surface area contributed by atoms with Gasteiger partial charge >= 0.3 is 5.97 Å². The molecule has 0 amide bonds. The van der Waals surface area contributed by atoms with Gasteiger partial charge < -0.3 is 10.5 Å². The number of ether oxygens (including phenoxy) is 1. The van der Waals surface area contributed by atoms with E-state index in [2.05, 4.69) is 17.0 Å². The lowest BCUT2D eigenvalue weighted by Crippen LogP contribution is -2.46. The number of hydrogen-bond acceptors (Lipinski definition) is 5. The van der Waals surface area contributed by atoms with Crippen LogP contribution >= 0.6 is 0 Å². The maximum atomic E-state index is 11.7. The van der Waals surface area contributed by atoms with E-state index in [1.807, 2.05) is 11.6 Å². The van der Waals surface area contributed by atoms with E-state index in [9.17, 15) is 4.79 Å². The highest BCUT2D eigenvalue weighted by molar-refractivity contribution is 5.79. The van der Waals surface area contributed by atoms with Crippen LogP contribution in [-0.4, -0.2) is 32.9 Å². The molecule has 2 N–H and O–H groups in total. The summed E-state index contributed by atoms with van der Waals surface area (Å²) in [4.78, 5) is 16.2. The summed E-state index contributed by atoms with van der Waals surface area (Å²) in [6.07, 6.45) is 3.02. The van der Waals surface area contributed by atoms with E-state index in [0.717, 1.165) is 37.5 Å². The minimum atomic E-state index is -0.934. The highest BCUT2D eigenvalue weighted by Crippen LogP contribution is 2.13. The van der Waals surface area contributed by atoms with Crippen LogP contribution in [0.15, 0.2) is 0 Å². The second kappa shape index (κ2) is 7.38. The molecule has 0 saturated carbocycles. The van der Waals surface area contributed by atoms with Gasteiger partial charge in [-0.2, -0.15) is 5.10 Å². The first-order valence-corrected chi connectivity index (χ1v) is 7.33. The maximum absolute atomic E-state index is 11.7. The average Bonchev–Trinajstić information content (AvgIpc) is 2.81. The first-order chi connectivity index (χ1) is 9.44. The van der Waals surface area contributed by atoms with Crippen LogP contribution in [0.3, 0.4) is 0 Å². The van der Waals surface area contributed by atoms with Crippen LogP contribution in [0, 0.1) is 0 Å². The summed E-state index contributed by atoms with van der Waals surface area (Å²) in [6, 6.07) is 0. The Morgan fingerprint density at radius 2 is 2.05 bits per heavy atom. The van der Waals surface area contributed by atoms with E-state index in [0.29, 0.717) is 13.0 Å². The molecule has 20 heavy (non-hydrogen) atoms. The fourth-order valence-electron chi connectivity index (χ4n) is 2.01. The second-order valence-corrected chi connectivity index (χ2v) is 5.12. The lowest BCUT2D eigenvalue weighted by atomic mass is 9.97. The van der Waals surface area contributed by atoms with E-state index in [1.54, 1.807) is 13.8 Å². The Kier molecular flexibility index (Phi) is 6.13. The fourth-order valence-corrected chi connectivity index (χ4v) is 2.01. The molecule has 1 atom stereocenters. The van der Waals surface area contributed by atoms with Gasteiger partial charge in [0.1, 0.15) is 11.4 Å². The van der Waals surface area contributed by atoms with Crippen LogP contribution in [-0.2, 0) is 28.9 Å². The third kappa shape index (κ3) is 4.30. The Labute approximate surface area is 120 Å². The number of carbonyl (C=O) groups is 1. The Balaban J connectivity index is 2.55. The smallest absolute Gasteiger partial charge is 0.325 e. The number of carbonyl (C=O) groups excluding carboxylic acids is 1. The third-order valence-electron chi connectivity index (χ3n) is 3.23. The van der Waals surface area contributed by atoms with Crippen molar-refractivity contribution in [1.82, 2.24) is 14.8 Å². The largest absolute Gasteiger partial charge is 0.465 e.